The lowest BCUT2D eigenvalue weighted by atomic mass is 9.77. The van der Waals surface area contributed by atoms with Crippen LogP contribution < -0.4 is 0 Å². The zero-order valence-electron chi connectivity index (χ0n) is 19.6. The zero-order chi connectivity index (χ0) is 24.8. The Bertz CT molecular complexity index is 1100. The van der Waals surface area contributed by atoms with Crippen LogP contribution >= 0.6 is 23.4 Å². The fourth-order valence-corrected chi connectivity index (χ4v) is 6.85. The van der Waals surface area contributed by atoms with Crippen LogP contribution in [0.5, 0.6) is 0 Å². The van der Waals surface area contributed by atoms with Crippen molar-refractivity contribution in [2.45, 2.75) is 62.7 Å². The van der Waals surface area contributed by atoms with Gasteiger partial charge in [0.05, 0.1) is 39.5 Å². The van der Waals surface area contributed by atoms with Gasteiger partial charge in [-0.3, -0.25) is 4.90 Å². The van der Waals surface area contributed by atoms with Gasteiger partial charge in [0.25, 0.3) is 5.92 Å². The van der Waals surface area contributed by atoms with Gasteiger partial charge >= 0.3 is 0 Å². The van der Waals surface area contributed by atoms with Crippen LogP contribution in [0.3, 0.4) is 0 Å². The lowest BCUT2D eigenvalue weighted by Gasteiger charge is -2.51. The molecule has 3 aliphatic rings. The Labute approximate surface area is 211 Å². The number of rotatable bonds is 6. The van der Waals surface area contributed by atoms with Crippen molar-refractivity contribution >= 4 is 23.4 Å². The van der Waals surface area contributed by atoms with E-state index in [1.807, 2.05) is 13.8 Å². The van der Waals surface area contributed by atoms with Gasteiger partial charge < -0.3 is 9.47 Å². The van der Waals surface area contributed by atoms with E-state index in [-0.39, 0.29) is 17.2 Å². The summed E-state index contributed by atoms with van der Waals surface area (Å²) in [6.45, 7) is 5.56. The summed E-state index contributed by atoms with van der Waals surface area (Å²) >= 11 is 7.46. The van der Waals surface area contributed by atoms with Gasteiger partial charge in [0, 0.05) is 37.6 Å². The van der Waals surface area contributed by atoms with E-state index >= 15 is 0 Å². The van der Waals surface area contributed by atoms with E-state index in [0.717, 1.165) is 11.3 Å². The summed E-state index contributed by atoms with van der Waals surface area (Å²) in [5.41, 5.74) is 1.02. The van der Waals surface area contributed by atoms with Crippen LogP contribution in [0, 0.1) is 11.7 Å². The maximum atomic E-state index is 14.5. The Morgan fingerprint density at radius 3 is 2.80 bits per heavy atom. The number of aromatic nitrogens is 3. The van der Waals surface area contributed by atoms with E-state index in [2.05, 4.69) is 15.0 Å². The number of hydrogen-bond donors (Lipinski definition) is 0. The van der Waals surface area contributed by atoms with E-state index in [4.69, 9.17) is 21.1 Å². The van der Waals surface area contributed by atoms with Crippen LogP contribution in [-0.4, -0.2) is 62.2 Å². The van der Waals surface area contributed by atoms with E-state index in [1.54, 1.807) is 6.20 Å². The fraction of sp³-hybridized carbons (Fsp3) is 0.583. The molecule has 0 amide bonds. The van der Waals surface area contributed by atoms with Crippen molar-refractivity contribution in [2.75, 3.05) is 19.7 Å². The Morgan fingerprint density at radius 1 is 1.31 bits per heavy atom. The summed E-state index contributed by atoms with van der Waals surface area (Å²) < 4.78 is 56.8. The van der Waals surface area contributed by atoms with Crippen molar-refractivity contribution in [1.82, 2.24) is 19.7 Å². The highest BCUT2D eigenvalue weighted by Crippen LogP contribution is 2.56. The molecule has 2 atom stereocenters. The van der Waals surface area contributed by atoms with Crippen LogP contribution in [0.25, 0.3) is 5.82 Å². The molecular weight excluding hydrogens is 501 g/mol. The van der Waals surface area contributed by atoms with Crippen molar-refractivity contribution in [3.63, 3.8) is 0 Å². The molecule has 190 valence electrons. The molecule has 2 aromatic rings. The largest absolute Gasteiger partial charge is 0.372 e. The van der Waals surface area contributed by atoms with Crippen LogP contribution in [-0.2, 0) is 22.6 Å². The minimum absolute atomic E-state index is 0.0216. The number of nitrogens with zero attached hydrogens (tertiary/aromatic N) is 4. The van der Waals surface area contributed by atoms with Gasteiger partial charge in [-0.05, 0) is 44.9 Å². The molecule has 0 radical (unpaired) electrons. The Kier molecular flexibility index (Phi) is 6.95. The van der Waals surface area contributed by atoms with Crippen molar-refractivity contribution in [3.05, 3.63) is 52.0 Å². The van der Waals surface area contributed by atoms with Gasteiger partial charge in [-0.15, -0.1) is 11.8 Å². The first-order valence-electron chi connectivity index (χ1n) is 11.7. The molecule has 11 heteroatoms. The third-order valence-electron chi connectivity index (χ3n) is 6.92. The molecule has 5 heterocycles. The summed E-state index contributed by atoms with van der Waals surface area (Å²) in [5.74, 6) is -4.13. The topological polar surface area (TPSA) is 52.4 Å². The molecule has 0 saturated carbocycles. The SMILES string of the molecule is CC(C)OCc1nn(-c2ncccc2F)cc1CN1CCC2(CC1)OCC(F)(F)C1C=C(Cl)SC12. The average molecular weight is 529 g/mol. The molecule has 5 rings (SSSR count). The molecule has 2 saturated heterocycles. The molecule has 0 N–H and O–H groups in total. The predicted octanol–water partition coefficient (Wildman–Crippen LogP) is 5.14. The first-order chi connectivity index (χ1) is 16.7. The third-order valence-corrected chi connectivity index (χ3v) is 8.65. The van der Waals surface area contributed by atoms with Gasteiger partial charge in [0.2, 0.25) is 0 Å². The van der Waals surface area contributed by atoms with Crippen molar-refractivity contribution in [2.24, 2.45) is 5.92 Å². The number of thioether (sulfide) groups is 1. The van der Waals surface area contributed by atoms with Crippen LogP contribution in [0.4, 0.5) is 13.2 Å². The molecule has 0 bridgehead atoms. The van der Waals surface area contributed by atoms with E-state index in [0.29, 0.717) is 43.4 Å². The Balaban J connectivity index is 1.31. The standard InChI is InChI=1S/C24H28ClF3N4O2S/c1-15(2)33-13-19-16(12-32(30-19)22-18(26)4-3-7-29-22)11-31-8-5-23(6-9-31)21-17(10-20(25)35-21)24(27,28)14-34-23/h3-4,7,10,12,15,17,21H,5-6,8-9,11,13-14H2,1-2H3. The molecule has 0 aliphatic carbocycles. The molecule has 3 aliphatic heterocycles. The predicted molar refractivity (Wildman–Crippen MR) is 128 cm³/mol. The number of ether oxygens (including phenoxy) is 2. The molecule has 0 aromatic carbocycles. The minimum atomic E-state index is -2.91. The van der Waals surface area contributed by atoms with E-state index in [9.17, 15) is 13.2 Å². The molecule has 6 nitrogen and oxygen atoms in total. The second kappa shape index (κ2) is 9.70. The quantitative estimate of drug-likeness (QED) is 0.517. The Morgan fingerprint density at radius 2 is 2.09 bits per heavy atom. The number of pyridine rings is 1. The molecule has 2 aromatic heterocycles. The number of likely N-dealkylation sites (tertiary alicyclic amines) is 1. The monoisotopic (exact) mass is 528 g/mol. The molecular formula is C24H28ClF3N4O2S. The highest BCUT2D eigenvalue weighted by atomic mass is 35.5. The van der Waals surface area contributed by atoms with Crippen molar-refractivity contribution < 1.29 is 22.6 Å². The minimum Gasteiger partial charge on any atom is -0.372 e. The van der Waals surface area contributed by atoms with Crippen LogP contribution in [0.1, 0.15) is 37.9 Å². The zero-order valence-corrected chi connectivity index (χ0v) is 21.2. The summed E-state index contributed by atoms with van der Waals surface area (Å²) in [4.78, 5) is 6.38. The highest BCUT2D eigenvalue weighted by Gasteiger charge is 2.60. The van der Waals surface area contributed by atoms with Gasteiger partial charge in [0.1, 0.15) is 6.61 Å². The number of halogens is 4. The van der Waals surface area contributed by atoms with Crippen molar-refractivity contribution in [1.29, 1.82) is 0 Å². The maximum absolute atomic E-state index is 14.5. The lowest BCUT2D eigenvalue weighted by molar-refractivity contribution is -0.215. The number of allylic oxidation sites excluding steroid dienone is 1. The third kappa shape index (κ3) is 5.00. The summed E-state index contributed by atoms with van der Waals surface area (Å²) in [6.07, 6.45) is 6.11. The van der Waals surface area contributed by atoms with Crippen LogP contribution in [0.15, 0.2) is 35.0 Å². The Hall–Kier alpha value is -1.59. The number of piperidine rings is 1. The number of fused-ring (bicyclic) bond motifs is 2. The van der Waals surface area contributed by atoms with Gasteiger partial charge in [-0.25, -0.2) is 22.8 Å². The summed E-state index contributed by atoms with van der Waals surface area (Å²) in [7, 11) is 0. The smallest absolute Gasteiger partial charge is 0.278 e. The molecule has 1 spiro atoms. The number of hydrogen-bond acceptors (Lipinski definition) is 6. The normalized spacial score (nSPS) is 25.7. The van der Waals surface area contributed by atoms with E-state index in [1.165, 1.54) is 40.8 Å². The first-order valence-corrected chi connectivity index (χ1v) is 13.0. The highest BCUT2D eigenvalue weighted by molar-refractivity contribution is 8.05. The number of alkyl halides is 2. The second-order valence-corrected chi connectivity index (χ2v) is 11.5. The lowest BCUT2D eigenvalue weighted by Crippen LogP contribution is -2.61. The van der Waals surface area contributed by atoms with Crippen molar-refractivity contribution in [3.8, 4) is 5.82 Å². The fourth-order valence-electron chi connectivity index (χ4n) is 5.02. The second-order valence-electron chi connectivity index (χ2n) is 9.64. The van der Waals surface area contributed by atoms with E-state index < -0.39 is 29.9 Å². The first kappa shape index (κ1) is 25.1. The van der Waals surface area contributed by atoms with Gasteiger partial charge in [0.15, 0.2) is 11.6 Å². The summed E-state index contributed by atoms with van der Waals surface area (Å²) in [5, 5.41) is 4.18. The molecule has 2 unspecified atom stereocenters. The van der Waals surface area contributed by atoms with Crippen LogP contribution in [0.2, 0.25) is 0 Å². The molecule has 35 heavy (non-hydrogen) atoms. The van der Waals surface area contributed by atoms with Gasteiger partial charge in [-0.2, -0.15) is 5.10 Å². The maximum Gasteiger partial charge on any atom is 0.278 e. The molecule has 2 fully saturated rings. The average Bonchev–Trinajstić information content (AvgIpc) is 3.42. The van der Waals surface area contributed by atoms with Gasteiger partial charge in [-0.1, -0.05) is 11.6 Å². The summed E-state index contributed by atoms with van der Waals surface area (Å²) in [6, 6.07) is 2.88.